The summed E-state index contributed by atoms with van der Waals surface area (Å²) in [5, 5.41) is 0. The lowest BCUT2D eigenvalue weighted by Gasteiger charge is -2.34. The molecule has 0 saturated carbocycles. The van der Waals surface area contributed by atoms with E-state index in [0.717, 1.165) is 12.4 Å². The molecule has 1 unspecified atom stereocenters. The monoisotopic (exact) mass is 142 g/mol. The van der Waals surface area contributed by atoms with Crippen molar-refractivity contribution in [1.29, 1.82) is 0 Å². The van der Waals surface area contributed by atoms with Gasteiger partial charge in [-0.1, -0.05) is 0 Å². The van der Waals surface area contributed by atoms with Gasteiger partial charge in [0.25, 0.3) is 0 Å². The molecule has 0 spiro atoms. The highest BCUT2D eigenvalue weighted by Gasteiger charge is 2.17. The van der Waals surface area contributed by atoms with Crippen LogP contribution in [0, 0.1) is 0 Å². The summed E-state index contributed by atoms with van der Waals surface area (Å²) in [4.78, 5) is 3.98. The second kappa shape index (κ2) is 2.48. The van der Waals surface area contributed by atoms with E-state index in [1.165, 1.54) is 0 Å². The fourth-order valence-electron chi connectivity index (χ4n) is 1.07. The van der Waals surface area contributed by atoms with Crippen LogP contribution < -0.4 is 11.5 Å². The molecule has 4 nitrogen and oxygen atoms in total. The molecule has 1 rings (SSSR count). The molecule has 0 aliphatic carbocycles. The summed E-state index contributed by atoms with van der Waals surface area (Å²) in [5.41, 5.74) is 12.0. The molecule has 1 aliphatic rings. The van der Waals surface area contributed by atoms with Crippen LogP contribution in [0.4, 0.5) is 0 Å². The quantitative estimate of drug-likeness (QED) is 0.451. The Hall–Kier alpha value is -0.740. The number of nitrogens with zero attached hydrogens (tertiary/aromatic N) is 2. The fourth-order valence-corrected chi connectivity index (χ4v) is 1.07. The number of likely N-dealkylation sites (N-methyl/N-ethyl adjacent to an activating group) is 1. The third-order valence-corrected chi connectivity index (χ3v) is 1.63. The highest BCUT2D eigenvalue weighted by Crippen LogP contribution is 2.05. The SMILES string of the molecule is CN1C=C(N)C(N)N(C)C1. The maximum atomic E-state index is 5.69. The third kappa shape index (κ3) is 1.22. The van der Waals surface area contributed by atoms with Crippen LogP contribution in [0.3, 0.4) is 0 Å². The van der Waals surface area contributed by atoms with E-state index in [-0.39, 0.29) is 6.17 Å². The fraction of sp³-hybridized carbons (Fsp3) is 0.667. The van der Waals surface area contributed by atoms with Gasteiger partial charge in [0, 0.05) is 13.2 Å². The van der Waals surface area contributed by atoms with Crippen LogP contribution in [0.15, 0.2) is 11.9 Å². The number of hydrogen-bond acceptors (Lipinski definition) is 4. The minimum atomic E-state index is -0.115. The standard InChI is InChI=1S/C6H14N4/c1-9-3-5(7)6(8)10(2)4-9/h3,6H,4,7-8H2,1-2H3. The highest BCUT2D eigenvalue weighted by molar-refractivity contribution is 5.06. The van der Waals surface area contributed by atoms with Crippen molar-refractivity contribution in [2.75, 3.05) is 20.8 Å². The van der Waals surface area contributed by atoms with Crippen LogP contribution in [0.2, 0.25) is 0 Å². The van der Waals surface area contributed by atoms with Crippen molar-refractivity contribution >= 4 is 0 Å². The highest BCUT2D eigenvalue weighted by atomic mass is 15.3. The number of hydrogen-bond donors (Lipinski definition) is 2. The Balaban J connectivity index is 2.71. The van der Waals surface area contributed by atoms with Gasteiger partial charge in [0.15, 0.2) is 0 Å². The van der Waals surface area contributed by atoms with Crippen molar-refractivity contribution in [2.45, 2.75) is 6.17 Å². The molecule has 10 heavy (non-hydrogen) atoms. The lowest BCUT2D eigenvalue weighted by Crippen LogP contribution is -2.50. The molecule has 0 amide bonds. The molecule has 0 aromatic carbocycles. The van der Waals surface area contributed by atoms with E-state index in [9.17, 15) is 0 Å². The van der Waals surface area contributed by atoms with Crippen LogP contribution in [0.25, 0.3) is 0 Å². The Morgan fingerprint density at radius 1 is 1.60 bits per heavy atom. The van der Waals surface area contributed by atoms with E-state index in [2.05, 4.69) is 0 Å². The van der Waals surface area contributed by atoms with Gasteiger partial charge in [-0.3, -0.25) is 4.90 Å². The molecule has 0 bridgehead atoms. The van der Waals surface area contributed by atoms with Gasteiger partial charge in [-0.2, -0.15) is 0 Å². The van der Waals surface area contributed by atoms with Crippen molar-refractivity contribution in [2.24, 2.45) is 11.5 Å². The molecule has 0 aromatic heterocycles. The van der Waals surface area contributed by atoms with Gasteiger partial charge < -0.3 is 16.4 Å². The molecular formula is C6H14N4. The molecule has 58 valence electrons. The summed E-state index contributed by atoms with van der Waals surface area (Å²) in [6.45, 7) is 0.835. The normalized spacial score (nSPS) is 28.5. The van der Waals surface area contributed by atoms with Crippen LogP contribution in [-0.4, -0.2) is 36.7 Å². The first kappa shape index (κ1) is 7.37. The third-order valence-electron chi connectivity index (χ3n) is 1.63. The Morgan fingerprint density at radius 2 is 2.20 bits per heavy atom. The molecule has 1 heterocycles. The minimum absolute atomic E-state index is 0.115. The Labute approximate surface area is 61.1 Å². The van der Waals surface area contributed by atoms with E-state index >= 15 is 0 Å². The van der Waals surface area contributed by atoms with Gasteiger partial charge in [0.2, 0.25) is 0 Å². The maximum Gasteiger partial charge on any atom is 0.101 e. The summed E-state index contributed by atoms with van der Waals surface area (Å²) in [7, 11) is 3.91. The lowest BCUT2D eigenvalue weighted by atomic mass is 10.3. The van der Waals surface area contributed by atoms with E-state index in [1.807, 2.05) is 30.1 Å². The van der Waals surface area contributed by atoms with Crippen molar-refractivity contribution in [1.82, 2.24) is 9.80 Å². The summed E-state index contributed by atoms with van der Waals surface area (Å²) in [5.74, 6) is 0. The molecule has 4 heteroatoms. The van der Waals surface area contributed by atoms with Crippen LogP contribution in [0.5, 0.6) is 0 Å². The van der Waals surface area contributed by atoms with E-state index < -0.39 is 0 Å². The van der Waals surface area contributed by atoms with Crippen LogP contribution in [-0.2, 0) is 0 Å². The first-order chi connectivity index (χ1) is 4.61. The van der Waals surface area contributed by atoms with E-state index in [1.54, 1.807) is 0 Å². The Morgan fingerprint density at radius 3 is 2.70 bits per heavy atom. The lowest BCUT2D eigenvalue weighted by molar-refractivity contribution is 0.166. The van der Waals surface area contributed by atoms with Gasteiger partial charge in [-0.25, -0.2) is 0 Å². The van der Waals surface area contributed by atoms with Crippen molar-refractivity contribution in [3.63, 3.8) is 0 Å². The molecule has 1 aliphatic heterocycles. The predicted octanol–water partition coefficient (Wildman–Crippen LogP) is -1.09. The topological polar surface area (TPSA) is 58.5 Å². The average molecular weight is 142 g/mol. The van der Waals surface area contributed by atoms with Crippen molar-refractivity contribution in [3.8, 4) is 0 Å². The summed E-state index contributed by atoms with van der Waals surface area (Å²) >= 11 is 0. The zero-order chi connectivity index (χ0) is 7.72. The maximum absolute atomic E-state index is 5.69. The Bertz CT molecular complexity index is 154. The van der Waals surface area contributed by atoms with Gasteiger partial charge >= 0.3 is 0 Å². The molecule has 0 radical (unpaired) electrons. The van der Waals surface area contributed by atoms with Gasteiger partial charge in [-0.15, -0.1) is 0 Å². The van der Waals surface area contributed by atoms with Crippen molar-refractivity contribution in [3.05, 3.63) is 11.9 Å². The first-order valence-corrected chi connectivity index (χ1v) is 3.24. The second-order valence-electron chi connectivity index (χ2n) is 2.73. The molecule has 0 aromatic rings. The Kier molecular flexibility index (Phi) is 1.82. The molecule has 4 N–H and O–H groups in total. The van der Waals surface area contributed by atoms with Gasteiger partial charge in [0.1, 0.15) is 6.17 Å². The average Bonchev–Trinajstić information content (AvgIpc) is 1.82. The summed E-state index contributed by atoms with van der Waals surface area (Å²) < 4.78 is 0. The largest absolute Gasteiger partial charge is 0.398 e. The smallest absolute Gasteiger partial charge is 0.101 e. The summed E-state index contributed by atoms with van der Waals surface area (Å²) in [6, 6.07) is 0. The minimum Gasteiger partial charge on any atom is -0.398 e. The predicted molar refractivity (Wildman–Crippen MR) is 40.6 cm³/mol. The molecule has 0 fully saturated rings. The van der Waals surface area contributed by atoms with Crippen LogP contribution in [0.1, 0.15) is 0 Å². The van der Waals surface area contributed by atoms with E-state index in [0.29, 0.717) is 0 Å². The molecule has 0 saturated heterocycles. The molecule has 1 atom stereocenters. The molecular weight excluding hydrogens is 128 g/mol. The van der Waals surface area contributed by atoms with E-state index in [4.69, 9.17) is 11.5 Å². The van der Waals surface area contributed by atoms with Gasteiger partial charge in [-0.05, 0) is 7.05 Å². The zero-order valence-corrected chi connectivity index (χ0v) is 6.41. The van der Waals surface area contributed by atoms with Crippen molar-refractivity contribution < 1.29 is 0 Å². The summed E-state index contributed by atoms with van der Waals surface area (Å²) in [6.07, 6.45) is 1.75. The second-order valence-corrected chi connectivity index (χ2v) is 2.73. The number of nitrogens with two attached hydrogens (primary N) is 2. The van der Waals surface area contributed by atoms with Crippen LogP contribution >= 0.6 is 0 Å². The zero-order valence-electron chi connectivity index (χ0n) is 6.41. The van der Waals surface area contributed by atoms with Gasteiger partial charge in [0.05, 0.1) is 12.4 Å². The number of rotatable bonds is 0. The first-order valence-electron chi connectivity index (χ1n) is 3.24.